The fourth-order valence-electron chi connectivity index (χ4n) is 1.88. The number of nitrogens with one attached hydrogen (secondary N) is 1. The Labute approximate surface area is 113 Å². The predicted octanol–water partition coefficient (Wildman–Crippen LogP) is 2.68. The third-order valence-corrected chi connectivity index (χ3v) is 3.24. The summed E-state index contributed by atoms with van der Waals surface area (Å²) in [4.78, 5) is 11.9. The zero-order valence-electron chi connectivity index (χ0n) is 10.6. The molecule has 1 aromatic rings. The van der Waals surface area contributed by atoms with Gasteiger partial charge >= 0.3 is 0 Å². The van der Waals surface area contributed by atoms with E-state index in [-0.39, 0.29) is 24.2 Å². The van der Waals surface area contributed by atoms with E-state index in [2.05, 4.69) is 5.32 Å². The number of halogens is 1. The van der Waals surface area contributed by atoms with Crippen LogP contribution in [0.25, 0.3) is 0 Å². The lowest BCUT2D eigenvalue weighted by Crippen LogP contribution is -2.21. The highest BCUT2D eigenvalue weighted by molar-refractivity contribution is 5.93. The first-order valence-electron chi connectivity index (χ1n) is 5.86. The number of hydrogen-bond donors (Lipinski definition) is 2. The Hall–Kier alpha value is -1.42. The van der Waals surface area contributed by atoms with Crippen LogP contribution in [-0.2, 0) is 4.79 Å². The molecule has 1 fully saturated rings. The Balaban J connectivity index is 0.00000162. The predicted molar refractivity (Wildman–Crippen MR) is 75.2 cm³/mol. The summed E-state index contributed by atoms with van der Waals surface area (Å²) in [6.07, 6.45) is 2.33. The van der Waals surface area contributed by atoms with Crippen LogP contribution in [0, 0.1) is 11.8 Å². The molecule has 0 aromatic heterocycles. The van der Waals surface area contributed by atoms with Gasteiger partial charge in [-0.05, 0) is 37.0 Å². The van der Waals surface area contributed by atoms with Crippen LogP contribution in [-0.4, -0.2) is 13.0 Å². The quantitative estimate of drug-likeness (QED) is 0.827. The smallest absolute Gasteiger partial charge is 0.227 e. The third kappa shape index (κ3) is 3.29. The lowest BCUT2D eigenvalue weighted by atomic mass is 10.1. The molecular formula is C13H19ClN2O2. The van der Waals surface area contributed by atoms with Gasteiger partial charge in [0.1, 0.15) is 5.75 Å². The number of carbonyl (C=O) groups is 1. The molecule has 0 spiro atoms. The van der Waals surface area contributed by atoms with Gasteiger partial charge < -0.3 is 15.8 Å². The minimum Gasteiger partial charge on any atom is -0.495 e. The fraction of sp³-hybridized carbons (Fsp3) is 0.462. The van der Waals surface area contributed by atoms with Crippen LogP contribution in [0.5, 0.6) is 5.75 Å². The molecule has 1 aromatic carbocycles. The SMILES string of the molecule is COc1ccc(NC(=O)C(C)C2CC2)cc1N.Cl. The molecule has 3 N–H and O–H groups in total. The summed E-state index contributed by atoms with van der Waals surface area (Å²) < 4.78 is 5.06. The van der Waals surface area contributed by atoms with E-state index in [9.17, 15) is 4.79 Å². The van der Waals surface area contributed by atoms with Crippen LogP contribution in [0.1, 0.15) is 19.8 Å². The number of benzene rings is 1. The highest BCUT2D eigenvalue weighted by atomic mass is 35.5. The van der Waals surface area contributed by atoms with Crippen LogP contribution >= 0.6 is 12.4 Å². The summed E-state index contributed by atoms with van der Waals surface area (Å²) in [6, 6.07) is 5.27. The van der Waals surface area contributed by atoms with Gasteiger partial charge in [0.05, 0.1) is 12.8 Å². The Kier molecular flexibility index (Phi) is 4.84. The van der Waals surface area contributed by atoms with E-state index in [1.807, 2.05) is 6.92 Å². The standard InChI is InChI=1S/C13H18N2O2.ClH/c1-8(9-3-4-9)13(16)15-10-5-6-12(17-2)11(14)7-10;/h5-9H,3-4,14H2,1-2H3,(H,15,16);1H. The molecule has 0 heterocycles. The lowest BCUT2D eigenvalue weighted by Gasteiger charge is -2.12. The number of methoxy groups -OCH3 is 1. The number of ether oxygens (including phenoxy) is 1. The van der Waals surface area contributed by atoms with Gasteiger partial charge in [0.15, 0.2) is 0 Å². The monoisotopic (exact) mass is 270 g/mol. The first-order valence-corrected chi connectivity index (χ1v) is 5.86. The highest BCUT2D eigenvalue weighted by Crippen LogP contribution is 2.37. The molecule has 0 radical (unpaired) electrons. The van der Waals surface area contributed by atoms with Crippen molar-refractivity contribution in [1.29, 1.82) is 0 Å². The Bertz CT molecular complexity index is 433. The zero-order chi connectivity index (χ0) is 12.4. The lowest BCUT2D eigenvalue weighted by molar-refractivity contribution is -0.119. The zero-order valence-corrected chi connectivity index (χ0v) is 11.4. The molecule has 1 aliphatic carbocycles. The average Bonchev–Trinajstić information content (AvgIpc) is 3.12. The van der Waals surface area contributed by atoms with E-state index in [0.29, 0.717) is 17.4 Å². The maximum atomic E-state index is 11.9. The van der Waals surface area contributed by atoms with E-state index in [1.165, 1.54) is 12.8 Å². The molecule has 0 aliphatic heterocycles. The molecule has 100 valence electrons. The largest absolute Gasteiger partial charge is 0.495 e. The Morgan fingerprint density at radius 3 is 2.67 bits per heavy atom. The average molecular weight is 271 g/mol. The van der Waals surface area contributed by atoms with E-state index >= 15 is 0 Å². The minimum atomic E-state index is 0. The molecule has 4 nitrogen and oxygen atoms in total. The molecule has 0 saturated heterocycles. The molecule has 1 unspecified atom stereocenters. The van der Waals surface area contributed by atoms with Gasteiger partial charge in [-0.15, -0.1) is 12.4 Å². The number of amides is 1. The van der Waals surface area contributed by atoms with E-state index in [4.69, 9.17) is 10.5 Å². The van der Waals surface area contributed by atoms with Crippen molar-refractivity contribution in [3.05, 3.63) is 18.2 Å². The molecule has 2 rings (SSSR count). The second-order valence-corrected chi connectivity index (χ2v) is 4.57. The van der Waals surface area contributed by atoms with Crippen molar-refractivity contribution in [3.8, 4) is 5.75 Å². The van der Waals surface area contributed by atoms with Crippen molar-refractivity contribution < 1.29 is 9.53 Å². The summed E-state index contributed by atoms with van der Waals surface area (Å²) in [5, 5.41) is 2.88. The van der Waals surface area contributed by atoms with Gasteiger partial charge in [-0.2, -0.15) is 0 Å². The van der Waals surface area contributed by atoms with Crippen molar-refractivity contribution >= 4 is 29.7 Å². The second-order valence-electron chi connectivity index (χ2n) is 4.57. The Morgan fingerprint density at radius 1 is 1.50 bits per heavy atom. The summed E-state index contributed by atoms with van der Waals surface area (Å²) in [6.45, 7) is 1.97. The second kappa shape index (κ2) is 5.96. The van der Waals surface area contributed by atoms with Crippen LogP contribution in [0.15, 0.2) is 18.2 Å². The minimum absolute atomic E-state index is 0. The molecule has 1 atom stereocenters. The van der Waals surface area contributed by atoms with Gasteiger partial charge in [-0.1, -0.05) is 6.92 Å². The maximum Gasteiger partial charge on any atom is 0.227 e. The summed E-state index contributed by atoms with van der Waals surface area (Å²) >= 11 is 0. The van der Waals surface area contributed by atoms with Crippen molar-refractivity contribution in [2.24, 2.45) is 11.8 Å². The Morgan fingerprint density at radius 2 is 2.17 bits per heavy atom. The molecule has 1 saturated carbocycles. The molecule has 0 bridgehead atoms. The first-order chi connectivity index (χ1) is 8.11. The number of anilines is 2. The van der Waals surface area contributed by atoms with Crippen molar-refractivity contribution in [3.63, 3.8) is 0 Å². The molecular weight excluding hydrogens is 252 g/mol. The topological polar surface area (TPSA) is 64.3 Å². The van der Waals surface area contributed by atoms with Gasteiger partial charge in [0.25, 0.3) is 0 Å². The number of nitrogens with two attached hydrogens (primary N) is 1. The van der Waals surface area contributed by atoms with Gasteiger partial charge in [0, 0.05) is 11.6 Å². The van der Waals surface area contributed by atoms with Crippen LogP contribution < -0.4 is 15.8 Å². The number of rotatable bonds is 4. The number of nitrogen functional groups attached to an aromatic ring is 1. The first kappa shape index (κ1) is 14.6. The molecule has 1 amide bonds. The fourth-order valence-corrected chi connectivity index (χ4v) is 1.88. The third-order valence-electron chi connectivity index (χ3n) is 3.24. The van der Waals surface area contributed by atoms with Gasteiger partial charge in [-0.25, -0.2) is 0 Å². The molecule has 5 heteroatoms. The van der Waals surface area contributed by atoms with E-state index in [1.54, 1.807) is 25.3 Å². The number of carbonyl (C=O) groups excluding carboxylic acids is 1. The normalized spacial score (nSPS) is 15.4. The van der Waals surface area contributed by atoms with Crippen LogP contribution in [0.3, 0.4) is 0 Å². The summed E-state index contributed by atoms with van der Waals surface area (Å²) in [7, 11) is 1.57. The van der Waals surface area contributed by atoms with Gasteiger partial charge in [-0.3, -0.25) is 4.79 Å². The van der Waals surface area contributed by atoms with Gasteiger partial charge in [0.2, 0.25) is 5.91 Å². The van der Waals surface area contributed by atoms with E-state index < -0.39 is 0 Å². The van der Waals surface area contributed by atoms with Crippen molar-refractivity contribution in [1.82, 2.24) is 0 Å². The van der Waals surface area contributed by atoms with E-state index in [0.717, 1.165) is 5.69 Å². The maximum absolute atomic E-state index is 11.9. The van der Waals surface area contributed by atoms with Crippen molar-refractivity contribution in [2.45, 2.75) is 19.8 Å². The molecule has 1 aliphatic rings. The van der Waals surface area contributed by atoms with Crippen molar-refractivity contribution in [2.75, 3.05) is 18.2 Å². The summed E-state index contributed by atoms with van der Waals surface area (Å²) in [5.41, 5.74) is 7.03. The summed E-state index contributed by atoms with van der Waals surface area (Å²) in [5.74, 6) is 1.33. The molecule has 18 heavy (non-hydrogen) atoms. The van der Waals surface area contributed by atoms with Crippen LogP contribution in [0.4, 0.5) is 11.4 Å². The van der Waals surface area contributed by atoms with Crippen LogP contribution in [0.2, 0.25) is 0 Å². The number of hydrogen-bond acceptors (Lipinski definition) is 3. The highest BCUT2D eigenvalue weighted by Gasteiger charge is 2.32.